The van der Waals surface area contributed by atoms with E-state index in [1.807, 2.05) is 43.3 Å². The van der Waals surface area contributed by atoms with E-state index in [2.05, 4.69) is 5.32 Å². The van der Waals surface area contributed by atoms with Crippen LogP contribution >= 0.6 is 0 Å². The molecule has 0 saturated carbocycles. The number of hydrogen-bond donors (Lipinski definition) is 1. The number of hydrogen-bond acceptors (Lipinski definition) is 3. The summed E-state index contributed by atoms with van der Waals surface area (Å²) in [6.07, 6.45) is 3.09. The lowest BCUT2D eigenvalue weighted by atomic mass is 10.1. The number of amides is 1. The summed E-state index contributed by atoms with van der Waals surface area (Å²) < 4.78 is 25.6. The van der Waals surface area contributed by atoms with Crippen LogP contribution in [0.4, 0.5) is 11.4 Å². The fourth-order valence-corrected chi connectivity index (χ4v) is 4.51. The van der Waals surface area contributed by atoms with E-state index in [4.69, 9.17) is 0 Å². The molecule has 1 N–H and O–H groups in total. The van der Waals surface area contributed by atoms with E-state index >= 15 is 0 Å². The SMILES string of the molecule is CC/C(=C\c1ccccc1)C(=O)Nc1cccc(N2CCCS2(=O)=O)c1. The Balaban J connectivity index is 1.79. The molecule has 136 valence electrons. The first-order valence-electron chi connectivity index (χ1n) is 8.67. The smallest absolute Gasteiger partial charge is 0.251 e. The summed E-state index contributed by atoms with van der Waals surface area (Å²) in [4.78, 5) is 12.6. The van der Waals surface area contributed by atoms with E-state index in [-0.39, 0.29) is 11.7 Å². The first kappa shape index (κ1) is 18.2. The van der Waals surface area contributed by atoms with Crippen molar-refractivity contribution in [3.05, 3.63) is 65.7 Å². The van der Waals surface area contributed by atoms with Gasteiger partial charge in [-0.1, -0.05) is 43.3 Å². The second-order valence-electron chi connectivity index (χ2n) is 6.18. The van der Waals surface area contributed by atoms with Crippen molar-refractivity contribution in [2.75, 3.05) is 21.9 Å². The molecule has 0 atom stereocenters. The standard InChI is InChI=1S/C20H22N2O3S/c1-2-17(14-16-8-4-3-5-9-16)20(23)21-18-10-6-11-19(15-18)22-12-7-13-26(22,24)25/h3-6,8-11,14-15H,2,7,12-13H2,1H3,(H,21,23)/b17-14+. The lowest BCUT2D eigenvalue weighted by Gasteiger charge is -2.18. The Morgan fingerprint density at radius 3 is 2.58 bits per heavy atom. The van der Waals surface area contributed by atoms with E-state index in [0.717, 1.165) is 5.56 Å². The number of carbonyl (C=O) groups is 1. The molecule has 0 bridgehead atoms. The van der Waals surface area contributed by atoms with Gasteiger partial charge in [0.05, 0.1) is 11.4 Å². The van der Waals surface area contributed by atoms with E-state index in [0.29, 0.717) is 36.3 Å². The van der Waals surface area contributed by atoms with Crippen LogP contribution in [-0.2, 0) is 14.8 Å². The zero-order valence-electron chi connectivity index (χ0n) is 14.7. The largest absolute Gasteiger partial charge is 0.322 e. The van der Waals surface area contributed by atoms with Crippen LogP contribution < -0.4 is 9.62 Å². The van der Waals surface area contributed by atoms with Gasteiger partial charge in [0.1, 0.15) is 0 Å². The minimum Gasteiger partial charge on any atom is -0.322 e. The Bertz CT molecular complexity index is 921. The average Bonchev–Trinajstić information content (AvgIpc) is 3.00. The zero-order valence-corrected chi connectivity index (χ0v) is 15.5. The number of rotatable bonds is 5. The summed E-state index contributed by atoms with van der Waals surface area (Å²) in [5.41, 5.74) is 2.80. The summed E-state index contributed by atoms with van der Waals surface area (Å²) in [5, 5.41) is 2.88. The van der Waals surface area contributed by atoms with Crippen molar-refractivity contribution < 1.29 is 13.2 Å². The monoisotopic (exact) mass is 370 g/mol. The molecule has 3 rings (SSSR count). The van der Waals surface area contributed by atoms with Gasteiger partial charge in [-0.25, -0.2) is 8.42 Å². The predicted octanol–water partition coefficient (Wildman–Crippen LogP) is 3.66. The molecule has 0 spiro atoms. The minimum absolute atomic E-state index is 0.170. The third-order valence-electron chi connectivity index (χ3n) is 4.30. The molecule has 1 aliphatic heterocycles. The Morgan fingerprint density at radius 2 is 1.92 bits per heavy atom. The zero-order chi connectivity index (χ0) is 18.6. The molecule has 6 heteroatoms. The molecule has 1 amide bonds. The van der Waals surface area contributed by atoms with Crippen molar-refractivity contribution >= 4 is 33.4 Å². The number of anilines is 2. The second kappa shape index (κ2) is 7.74. The van der Waals surface area contributed by atoms with Crippen LogP contribution in [-0.4, -0.2) is 26.6 Å². The van der Waals surface area contributed by atoms with Crippen LogP contribution in [0.5, 0.6) is 0 Å². The highest BCUT2D eigenvalue weighted by Gasteiger charge is 2.28. The molecular formula is C20H22N2O3S. The number of nitrogens with zero attached hydrogens (tertiary/aromatic N) is 1. The van der Waals surface area contributed by atoms with Crippen LogP contribution in [0.3, 0.4) is 0 Å². The van der Waals surface area contributed by atoms with Crippen LogP contribution in [0.25, 0.3) is 6.08 Å². The highest BCUT2D eigenvalue weighted by atomic mass is 32.2. The molecule has 2 aromatic rings. The van der Waals surface area contributed by atoms with E-state index in [1.165, 1.54) is 4.31 Å². The van der Waals surface area contributed by atoms with Crippen LogP contribution in [0.15, 0.2) is 60.2 Å². The normalized spacial score (nSPS) is 16.5. The van der Waals surface area contributed by atoms with Crippen LogP contribution in [0, 0.1) is 0 Å². The maximum atomic E-state index is 12.6. The van der Waals surface area contributed by atoms with Crippen molar-refractivity contribution in [1.29, 1.82) is 0 Å². The molecule has 0 unspecified atom stereocenters. The Hall–Kier alpha value is -2.60. The first-order valence-corrected chi connectivity index (χ1v) is 10.3. The fraction of sp³-hybridized carbons (Fsp3) is 0.250. The van der Waals surface area contributed by atoms with Crippen LogP contribution in [0.2, 0.25) is 0 Å². The third kappa shape index (κ3) is 4.14. The fourth-order valence-electron chi connectivity index (χ4n) is 2.96. The summed E-state index contributed by atoms with van der Waals surface area (Å²) >= 11 is 0. The highest BCUT2D eigenvalue weighted by molar-refractivity contribution is 7.93. The van der Waals surface area contributed by atoms with Crippen LogP contribution in [0.1, 0.15) is 25.3 Å². The van der Waals surface area contributed by atoms with E-state index < -0.39 is 10.0 Å². The number of sulfonamides is 1. The highest BCUT2D eigenvalue weighted by Crippen LogP contribution is 2.26. The average molecular weight is 370 g/mol. The van der Waals surface area contributed by atoms with E-state index in [1.54, 1.807) is 24.3 Å². The summed E-state index contributed by atoms with van der Waals surface area (Å²) in [6, 6.07) is 16.7. The molecule has 0 aromatic heterocycles. The molecule has 26 heavy (non-hydrogen) atoms. The molecular weight excluding hydrogens is 348 g/mol. The maximum Gasteiger partial charge on any atom is 0.251 e. The van der Waals surface area contributed by atoms with E-state index in [9.17, 15) is 13.2 Å². The van der Waals surface area contributed by atoms with Gasteiger partial charge in [-0.3, -0.25) is 9.10 Å². The second-order valence-corrected chi connectivity index (χ2v) is 8.19. The Labute approximate surface area is 154 Å². The lowest BCUT2D eigenvalue weighted by Crippen LogP contribution is -2.25. The predicted molar refractivity (Wildman–Crippen MR) is 106 cm³/mol. The molecule has 1 heterocycles. The maximum absolute atomic E-state index is 12.6. The lowest BCUT2D eigenvalue weighted by molar-refractivity contribution is -0.112. The van der Waals surface area contributed by atoms with Gasteiger partial charge in [0, 0.05) is 17.8 Å². The van der Waals surface area contributed by atoms with Gasteiger partial charge in [0.2, 0.25) is 10.0 Å². The molecule has 1 aliphatic rings. The summed E-state index contributed by atoms with van der Waals surface area (Å²) in [7, 11) is -3.24. The molecule has 1 saturated heterocycles. The minimum atomic E-state index is -3.24. The van der Waals surface area contributed by atoms with Crippen molar-refractivity contribution in [2.24, 2.45) is 0 Å². The Morgan fingerprint density at radius 1 is 1.15 bits per heavy atom. The molecule has 0 radical (unpaired) electrons. The summed E-state index contributed by atoms with van der Waals surface area (Å²) in [5.74, 6) is -0.0126. The molecule has 2 aromatic carbocycles. The molecule has 0 aliphatic carbocycles. The quantitative estimate of drug-likeness (QED) is 0.817. The van der Waals surface area contributed by atoms with Crippen molar-refractivity contribution in [3.63, 3.8) is 0 Å². The van der Waals surface area contributed by atoms with Gasteiger partial charge >= 0.3 is 0 Å². The topological polar surface area (TPSA) is 66.5 Å². The first-order chi connectivity index (χ1) is 12.5. The van der Waals surface area contributed by atoms with Gasteiger partial charge in [-0.2, -0.15) is 0 Å². The molecule has 1 fully saturated rings. The third-order valence-corrected chi connectivity index (χ3v) is 6.17. The van der Waals surface area contributed by atoms with Gasteiger partial charge in [0.25, 0.3) is 5.91 Å². The van der Waals surface area contributed by atoms with Crippen molar-refractivity contribution in [3.8, 4) is 0 Å². The van der Waals surface area contributed by atoms with Crippen molar-refractivity contribution in [2.45, 2.75) is 19.8 Å². The molecule has 5 nitrogen and oxygen atoms in total. The van der Waals surface area contributed by atoms with Crippen molar-refractivity contribution in [1.82, 2.24) is 0 Å². The number of carbonyl (C=O) groups excluding carboxylic acids is 1. The van der Waals surface area contributed by atoms with Gasteiger partial charge < -0.3 is 5.32 Å². The summed E-state index contributed by atoms with van der Waals surface area (Å²) in [6.45, 7) is 2.41. The number of nitrogens with one attached hydrogen (secondary N) is 1. The Kier molecular flexibility index (Phi) is 5.42. The van der Waals surface area contributed by atoms with Gasteiger partial charge in [-0.15, -0.1) is 0 Å². The number of benzene rings is 2. The van der Waals surface area contributed by atoms with Gasteiger partial charge in [0.15, 0.2) is 0 Å². The van der Waals surface area contributed by atoms with Gasteiger partial charge in [-0.05, 0) is 42.7 Å².